The highest BCUT2D eigenvalue weighted by atomic mass is 19.1. The minimum atomic E-state index is -0.0778. The molecule has 1 aromatic rings. The van der Waals surface area contributed by atoms with Crippen LogP contribution in [0.3, 0.4) is 0 Å². The molecule has 2 aliphatic rings. The Morgan fingerprint density at radius 2 is 1.62 bits per heavy atom. The second-order valence-corrected chi connectivity index (χ2v) is 8.67. The molecule has 0 heterocycles. The van der Waals surface area contributed by atoms with Crippen LogP contribution in [-0.2, 0) is 0 Å². The van der Waals surface area contributed by atoms with Crippen LogP contribution in [0.15, 0.2) is 24.3 Å². The van der Waals surface area contributed by atoms with Crippen LogP contribution in [0.25, 0.3) is 0 Å². The molecule has 0 aromatic heterocycles. The van der Waals surface area contributed by atoms with E-state index < -0.39 is 0 Å². The maximum atomic E-state index is 13.4. The number of hydrogen-bond donors (Lipinski definition) is 0. The topological polar surface area (TPSA) is 0 Å². The van der Waals surface area contributed by atoms with Gasteiger partial charge in [-0.25, -0.2) is 4.39 Å². The summed E-state index contributed by atoms with van der Waals surface area (Å²) in [6, 6.07) is 7.29. The quantitative estimate of drug-likeness (QED) is 0.529. The van der Waals surface area contributed by atoms with Gasteiger partial charge in [0.05, 0.1) is 0 Å². The standard InChI is InChI=1S/C23H35F/c1-3-18-7-11-20(12-8-18)17(2)15-19-9-13-21(14-10-19)22-5-4-6-23(24)16-22/h4-6,16-21H,3,7-15H2,1-2H3. The fourth-order valence-electron chi connectivity index (χ4n) is 5.38. The van der Waals surface area contributed by atoms with Gasteiger partial charge in [0.1, 0.15) is 5.82 Å². The highest BCUT2D eigenvalue weighted by Gasteiger charge is 2.28. The molecule has 3 rings (SSSR count). The average molecular weight is 331 g/mol. The molecule has 1 aromatic carbocycles. The van der Waals surface area contributed by atoms with E-state index in [1.165, 1.54) is 69.8 Å². The van der Waals surface area contributed by atoms with Gasteiger partial charge < -0.3 is 0 Å². The van der Waals surface area contributed by atoms with Crippen LogP contribution in [-0.4, -0.2) is 0 Å². The van der Waals surface area contributed by atoms with Crippen molar-refractivity contribution in [3.8, 4) is 0 Å². The van der Waals surface area contributed by atoms with Crippen LogP contribution < -0.4 is 0 Å². The summed E-state index contributed by atoms with van der Waals surface area (Å²) in [7, 11) is 0. The zero-order valence-electron chi connectivity index (χ0n) is 15.6. The lowest BCUT2D eigenvalue weighted by Gasteiger charge is -2.35. The van der Waals surface area contributed by atoms with Crippen LogP contribution in [0.2, 0.25) is 0 Å². The summed E-state index contributed by atoms with van der Waals surface area (Å²) in [6.07, 6.45) is 13.9. The van der Waals surface area contributed by atoms with E-state index in [1.807, 2.05) is 6.07 Å². The van der Waals surface area contributed by atoms with Gasteiger partial charge in [0, 0.05) is 0 Å². The lowest BCUT2D eigenvalue weighted by molar-refractivity contribution is 0.172. The summed E-state index contributed by atoms with van der Waals surface area (Å²) in [6.45, 7) is 4.86. The van der Waals surface area contributed by atoms with Crippen molar-refractivity contribution in [3.63, 3.8) is 0 Å². The van der Waals surface area contributed by atoms with Gasteiger partial charge in [-0.05, 0) is 92.2 Å². The van der Waals surface area contributed by atoms with Gasteiger partial charge >= 0.3 is 0 Å². The third-order valence-electron chi connectivity index (χ3n) is 7.15. The summed E-state index contributed by atoms with van der Waals surface area (Å²) in [4.78, 5) is 0. The number of hydrogen-bond acceptors (Lipinski definition) is 0. The fourth-order valence-corrected chi connectivity index (χ4v) is 5.38. The van der Waals surface area contributed by atoms with Crippen molar-refractivity contribution in [2.75, 3.05) is 0 Å². The zero-order chi connectivity index (χ0) is 16.9. The maximum absolute atomic E-state index is 13.4. The molecule has 0 aliphatic heterocycles. The Labute approximate surface area is 148 Å². The zero-order valence-corrected chi connectivity index (χ0v) is 15.6. The third-order valence-corrected chi connectivity index (χ3v) is 7.15. The Balaban J connectivity index is 1.44. The van der Waals surface area contributed by atoms with E-state index in [2.05, 4.69) is 19.9 Å². The van der Waals surface area contributed by atoms with E-state index in [0.717, 1.165) is 23.7 Å². The molecule has 0 bridgehead atoms. The molecule has 1 atom stereocenters. The lowest BCUT2D eigenvalue weighted by atomic mass is 9.70. The highest BCUT2D eigenvalue weighted by Crippen LogP contribution is 2.42. The van der Waals surface area contributed by atoms with Crippen LogP contribution >= 0.6 is 0 Å². The van der Waals surface area contributed by atoms with Gasteiger partial charge in [0.2, 0.25) is 0 Å². The van der Waals surface area contributed by atoms with Crippen molar-refractivity contribution >= 4 is 0 Å². The largest absolute Gasteiger partial charge is 0.207 e. The summed E-state index contributed by atoms with van der Waals surface area (Å²) < 4.78 is 13.4. The van der Waals surface area contributed by atoms with E-state index >= 15 is 0 Å². The van der Waals surface area contributed by atoms with Gasteiger partial charge in [0.25, 0.3) is 0 Å². The Kier molecular flexibility index (Phi) is 6.36. The molecule has 1 heteroatoms. The molecular weight excluding hydrogens is 295 g/mol. The first-order chi connectivity index (χ1) is 11.7. The molecule has 1 unspecified atom stereocenters. The van der Waals surface area contributed by atoms with E-state index in [1.54, 1.807) is 12.1 Å². The van der Waals surface area contributed by atoms with Gasteiger partial charge in [-0.1, -0.05) is 45.2 Å². The smallest absolute Gasteiger partial charge is 0.123 e. The summed E-state index contributed by atoms with van der Waals surface area (Å²) in [5, 5.41) is 0. The predicted molar refractivity (Wildman–Crippen MR) is 101 cm³/mol. The third kappa shape index (κ3) is 4.61. The van der Waals surface area contributed by atoms with E-state index in [0.29, 0.717) is 5.92 Å². The second kappa shape index (κ2) is 8.50. The van der Waals surface area contributed by atoms with Crippen molar-refractivity contribution < 1.29 is 4.39 Å². The van der Waals surface area contributed by atoms with Crippen LogP contribution in [0.5, 0.6) is 0 Å². The van der Waals surface area contributed by atoms with Crippen molar-refractivity contribution in [2.24, 2.45) is 23.7 Å². The lowest BCUT2D eigenvalue weighted by Crippen LogP contribution is -2.23. The molecule has 134 valence electrons. The average Bonchev–Trinajstić information content (AvgIpc) is 2.62. The first kappa shape index (κ1) is 18.0. The van der Waals surface area contributed by atoms with Crippen LogP contribution in [0.4, 0.5) is 4.39 Å². The van der Waals surface area contributed by atoms with E-state index in [9.17, 15) is 4.39 Å². The summed E-state index contributed by atoms with van der Waals surface area (Å²) in [5.41, 5.74) is 1.22. The molecule has 2 saturated carbocycles. The summed E-state index contributed by atoms with van der Waals surface area (Å²) >= 11 is 0. The molecule has 0 amide bonds. The minimum absolute atomic E-state index is 0.0778. The molecule has 0 saturated heterocycles. The minimum Gasteiger partial charge on any atom is -0.207 e. The Morgan fingerprint density at radius 1 is 0.958 bits per heavy atom. The fraction of sp³-hybridized carbons (Fsp3) is 0.739. The van der Waals surface area contributed by atoms with Crippen molar-refractivity contribution in [1.29, 1.82) is 0 Å². The van der Waals surface area contributed by atoms with Crippen LogP contribution in [0.1, 0.15) is 89.5 Å². The molecule has 0 nitrogen and oxygen atoms in total. The molecule has 24 heavy (non-hydrogen) atoms. The van der Waals surface area contributed by atoms with Crippen LogP contribution in [0, 0.1) is 29.5 Å². The highest BCUT2D eigenvalue weighted by molar-refractivity contribution is 5.21. The van der Waals surface area contributed by atoms with Gasteiger partial charge in [-0.15, -0.1) is 0 Å². The number of halogens is 1. The van der Waals surface area contributed by atoms with E-state index in [-0.39, 0.29) is 5.82 Å². The summed E-state index contributed by atoms with van der Waals surface area (Å²) in [5.74, 6) is 4.31. The van der Waals surface area contributed by atoms with E-state index in [4.69, 9.17) is 0 Å². The van der Waals surface area contributed by atoms with Gasteiger partial charge in [-0.2, -0.15) is 0 Å². The predicted octanol–water partition coefficient (Wildman–Crippen LogP) is 7.34. The Bertz CT molecular complexity index is 493. The Morgan fingerprint density at radius 3 is 2.25 bits per heavy atom. The molecule has 0 N–H and O–H groups in total. The van der Waals surface area contributed by atoms with Crippen molar-refractivity contribution in [1.82, 2.24) is 0 Å². The molecular formula is C23H35F. The second-order valence-electron chi connectivity index (χ2n) is 8.67. The monoisotopic (exact) mass is 330 g/mol. The van der Waals surface area contributed by atoms with Crippen molar-refractivity contribution in [2.45, 2.75) is 84.0 Å². The first-order valence-corrected chi connectivity index (χ1v) is 10.4. The van der Waals surface area contributed by atoms with Gasteiger partial charge in [-0.3, -0.25) is 0 Å². The normalized spacial score (nSPS) is 32.5. The first-order valence-electron chi connectivity index (χ1n) is 10.4. The SMILES string of the molecule is CCC1CCC(C(C)CC2CCC(c3cccc(F)c3)CC2)CC1. The Hall–Kier alpha value is -0.850. The van der Waals surface area contributed by atoms with Crippen molar-refractivity contribution in [3.05, 3.63) is 35.6 Å². The number of benzene rings is 1. The molecule has 0 radical (unpaired) electrons. The van der Waals surface area contributed by atoms with Gasteiger partial charge in [0.15, 0.2) is 0 Å². The number of rotatable bonds is 5. The molecule has 2 fully saturated rings. The maximum Gasteiger partial charge on any atom is 0.123 e. The molecule has 2 aliphatic carbocycles. The molecule has 0 spiro atoms.